The van der Waals surface area contributed by atoms with Crippen molar-refractivity contribution in [3.8, 4) is 11.5 Å². The predicted octanol–water partition coefficient (Wildman–Crippen LogP) is 6.58. The van der Waals surface area contributed by atoms with E-state index in [1.807, 2.05) is 24.3 Å². The number of benzene rings is 3. The Balaban J connectivity index is 1.50. The average molecular weight is 453 g/mol. The standard InChI is InChI=1S/C23H15BrF2N2O/c24-15-10-19-18(11-17(15)26)27-23-14-9-13(14)22(28(19)23)12-5-1-3-7-20(12)29-21-8-4-2-6-16(21)25/h1-8,10-11,13-14,22H,9H2/t13-,14+,22?/m1/s1. The molecule has 3 aromatic carbocycles. The maximum atomic E-state index is 14.2. The first kappa shape index (κ1) is 17.2. The molecule has 3 atom stereocenters. The van der Waals surface area contributed by atoms with Crippen LogP contribution in [0.25, 0.3) is 11.0 Å². The summed E-state index contributed by atoms with van der Waals surface area (Å²) in [6.45, 7) is 0. The van der Waals surface area contributed by atoms with Crippen LogP contribution in [0.3, 0.4) is 0 Å². The predicted molar refractivity (Wildman–Crippen MR) is 109 cm³/mol. The van der Waals surface area contributed by atoms with Crippen molar-refractivity contribution in [3.05, 3.63) is 88.2 Å². The van der Waals surface area contributed by atoms with E-state index in [4.69, 9.17) is 9.72 Å². The Morgan fingerprint density at radius 1 is 0.966 bits per heavy atom. The molecule has 0 N–H and O–H groups in total. The van der Waals surface area contributed by atoms with E-state index in [9.17, 15) is 8.78 Å². The highest BCUT2D eigenvalue weighted by atomic mass is 79.9. The van der Waals surface area contributed by atoms with E-state index in [0.29, 0.717) is 27.6 Å². The quantitative estimate of drug-likeness (QED) is 0.351. The molecule has 6 rings (SSSR count). The van der Waals surface area contributed by atoms with Gasteiger partial charge in [-0.3, -0.25) is 0 Å². The zero-order chi connectivity index (χ0) is 19.7. The molecule has 2 aliphatic rings. The Bertz CT molecular complexity index is 1290. The minimum absolute atomic E-state index is 0.0281. The molecule has 0 radical (unpaired) electrons. The second-order valence-electron chi connectivity index (χ2n) is 7.62. The van der Waals surface area contributed by atoms with Gasteiger partial charge in [0.2, 0.25) is 0 Å². The molecule has 1 unspecified atom stereocenters. The molecule has 4 aromatic rings. The monoisotopic (exact) mass is 452 g/mol. The van der Waals surface area contributed by atoms with Gasteiger partial charge in [-0.1, -0.05) is 30.3 Å². The summed E-state index contributed by atoms with van der Waals surface area (Å²) in [5.41, 5.74) is 2.54. The Kier molecular flexibility index (Phi) is 3.63. The van der Waals surface area contributed by atoms with Gasteiger partial charge in [-0.05, 0) is 52.5 Å². The third-order valence-corrected chi connectivity index (χ3v) is 6.52. The number of halogens is 3. The number of aromatic nitrogens is 2. The number of rotatable bonds is 3. The topological polar surface area (TPSA) is 27.1 Å². The zero-order valence-corrected chi connectivity index (χ0v) is 16.7. The molecule has 6 heteroatoms. The first-order chi connectivity index (χ1) is 14.1. The van der Waals surface area contributed by atoms with Crippen molar-refractivity contribution in [1.29, 1.82) is 0 Å². The molecule has 1 aromatic heterocycles. The fraction of sp³-hybridized carbons (Fsp3) is 0.174. The van der Waals surface area contributed by atoms with E-state index >= 15 is 0 Å². The van der Waals surface area contributed by atoms with Crippen LogP contribution in [-0.2, 0) is 0 Å². The van der Waals surface area contributed by atoms with Crippen LogP contribution < -0.4 is 4.74 Å². The summed E-state index contributed by atoms with van der Waals surface area (Å²) in [6, 6.07) is 17.4. The summed E-state index contributed by atoms with van der Waals surface area (Å²) in [6.07, 6.45) is 1.05. The molecule has 0 spiro atoms. The number of ether oxygens (including phenoxy) is 1. The van der Waals surface area contributed by atoms with Gasteiger partial charge in [0.25, 0.3) is 0 Å². The van der Waals surface area contributed by atoms with Gasteiger partial charge in [0.1, 0.15) is 17.4 Å². The van der Waals surface area contributed by atoms with Crippen LogP contribution >= 0.6 is 15.9 Å². The molecule has 1 aliphatic heterocycles. The van der Waals surface area contributed by atoms with Crippen molar-refractivity contribution in [2.45, 2.75) is 18.4 Å². The maximum absolute atomic E-state index is 14.2. The Labute approximate surface area is 174 Å². The van der Waals surface area contributed by atoms with E-state index in [2.05, 4.69) is 20.5 Å². The number of hydrogen-bond donors (Lipinski definition) is 0. The smallest absolute Gasteiger partial charge is 0.165 e. The third kappa shape index (κ3) is 2.55. The fourth-order valence-corrected chi connectivity index (χ4v) is 4.88. The molecule has 0 saturated heterocycles. The van der Waals surface area contributed by atoms with E-state index in [1.165, 1.54) is 12.1 Å². The SMILES string of the molecule is Fc1cc2nc3n(c2cc1Br)C(c1ccccc1Oc1ccccc1F)[C@@H]1C[C@H]31. The molecule has 144 valence electrons. The summed E-state index contributed by atoms with van der Waals surface area (Å²) in [4.78, 5) is 4.72. The molecule has 0 amide bonds. The van der Waals surface area contributed by atoms with Crippen LogP contribution in [0.1, 0.15) is 29.8 Å². The second kappa shape index (κ2) is 6.13. The lowest BCUT2D eigenvalue weighted by atomic mass is 10.0. The molecule has 1 fully saturated rings. The van der Waals surface area contributed by atoms with Crippen LogP contribution in [0.4, 0.5) is 8.78 Å². The molecule has 29 heavy (non-hydrogen) atoms. The van der Waals surface area contributed by atoms with Gasteiger partial charge >= 0.3 is 0 Å². The first-order valence-corrected chi connectivity index (χ1v) is 10.3. The van der Waals surface area contributed by atoms with Crippen LogP contribution in [0.5, 0.6) is 11.5 Å². The van der Waals surface area contributed by atoms with Crippen LogP contribution in [0, 0.1) is 17.6 Å². The van der Waals surface area contributed by atoms with Crippen LogP contribution in [0.2, 0.25) is 0 Å². The van der Waals surface area contributed by atoms with Crippen molar-refractivity contribution < 1.29 is 13.5 Å². The van der Waals surface area contributed by atoms with E-state index in [0.717, 1.165) is 23.3 Å². The fourth-order valence-electron chi connectivity index (χ4n) is 4.55. The minimum Gasteiger partial charge on any atom is -0.454 e. The largest absolute Gasteiger partial charge is 0.454 e. The van der Waals surface area contributed by atoms with Gasteiger partial charge in [0.15, 0.2) is 11.6 Å². The molecule has 1 saturated carbocycles. The van der Waals surface area contributed by atoms with E-state index in [-0.39, 0.29) is 17.6 Å². The van der Waals surface area contributed by atoms with Gasteiger partial charge in [-0.15, -0.1) is 0 Å². The molecular formula is C23H15BrF2N2O. The summed E-state index contributed by atoms with van der Waals surface area (Å²) in [7, 11) is 0. The van der Waals surface area contributed by atoms with E-state index in [1.54, 1.807) is 24.3 Å². The summed E-state index contributed by atoms with van der Waals surface area (Å²) >= 11 is 3.30. The highest BCUT2D eigenvalue weighted by molar-refractivity contribution is 9.10. The maximum Gasteiger partial charge on any atom is 0.165 e. The number of imidazole rings is 1. The van der Waals surface area contributed by atoms with Crippen molar-refractivity contribution in [3.63, 3.8) is 0 Å². The summed E-state index contributed by atoms with van der Waals surface area (Å²) < 4.78 is 36.8. The summed E-state index contributed by atoms with van der Waals surface area (Å²) in [5.74, 6) is 1.91. The van der Waals surface area contributed by atoms with Gasteiger partial charge in [-0.2, -0.15) is 0 Å². The Morgan fingerprint density at radius 3 is 2.55 bits per heavy atom. The average Bonchev–Trinajstić information content (AvgIpc) is 3.33. The normalized spacial score (nSPS) is 21.8. The third-order valence-electron chi connectivity index (χ3n) is 5.91. The molecular weight excluding hydrogens is 438 g/mol. The minimum atomic E-state index is -0.397. The molecule has 0 bridgehead atoms. The Morgan fingerprint density at radius 2 is 1.72 bits per heavy atom. The number of hydrogen-bond acceptors (Lipinski definition) is 2. The van der Waals surface area contributed by atoms with Gasteiger partial charge in [-0.25, -0.2) is 13.8 Å². The second-order valence-corrected chi connectivity index (χ2v) is 8.47. The molecule has 2 heterocycles. The van der Waals surface area contributed by atoms with Crippen LogP contribution in [0.15, 0.2) is 65.1 Å². The van der Waals surface area contributed by atoms with Crippen molar-refractivity contribution in [2.75, 3.05) is 0 Å². The molecule has 1 aliphatic carbocycles. The Hall–Kier alpha value is -2.73. The van der Waals surface area contributed by atoms with Crippen molar-refractivity contribution >= 4 is 27.0 Å². The first-order valence-electron chi connectivity index (χ1n) is 9.50. The number of para-hydroxylation sites is 2. The van der Waals surface area contributed by atoms with Crippen molar-refractivity contribution in [1.82, 2.24) is 9.55 Å². The van der Waals surface area contributed by atoms with Gasteiger partial charge in [0, 0.05) is 17.5 Å². The van der Waals surface area contributed by atoms with Gasteiger partial charge < -0.3 is 9.30 Å². The highest BCUT2D eigenvalue weighted by Crippen LogP contribution is 2.63. The van der Waals surface area contributed by atoms with E-state index < -0.39 is 5.82 Å². The molecule has 3 nitrogen and oxygen atoms in total. The highest BCUT2D eigenvalue weighted by Gasteiger charge is 2.55. The summed E-state index contributed by atoms with van der Waals surface area (Å²) in [5, 5.41) is 0. The number of fused-ring (bicyclic) bond motifs is 5. The lowest BCUT2D eigenvalue weighted by molar-refractivity contribution is 0.427. The van der Waals surface area contributed by atoms with Crippen molar-refractivity contribution in [2.24, 2.45) is 5.92 Å². The van der Waals surface area contributed by atoms with Gasteiger partial charge in [0.05, 0.1) is 21.5 Å². The number of nitrogens with zero attached hydrogens (tertiary/aromatic N) is 2. The zero-order valence-electron chi connectivity index (χ0n) is 15.1. The lowest BCUT2D eigenvalue weighted by Gasteiger charge is -2.21. The van der Waals surface area contributed by atoms with Crippen LogP contribution in [-0.4, -0.2) is 9.55 Å². The lowest BCUT2D eigenvalue weighted by Crippen LogP contribution is -2.11.